The fourth-order valence-corrected chi connectivity index (χ4v) is 2.54. The van der Waals surface area contributed by atoms with Gasteiger partial charge in [0, 0.05) is 31.8 Å². The third kappa shape index (κ3) is 2.69. The third-order valence-electron chi connectivity index (χ3n) is 3.48. The molecule has 2 heterocycles. The maximum atomic E-state index is 5.38. The van der Waals surface area contributed by atoms with Gasteiger partial charge >= 0.3 is 0 Å². The fraction of sp³-hybridized carbons (Fsp3) is 1.00. The van der Waals surface area contributed by atoms with Crippen LogP contribution in [0.4, 0.5) is 0 Å². The zero-order valence-corrected chi connectivity index (χ0v) is 9.17. The summed E-state index contributed by atoms with van der Waals surface area (Å²) in [5, 5.41) is 3.55. The van der Waals surface area contributed by atoms with E-state index in [1.165, 1.54) is 38.8 Å². The van der Waals surface area contributed by atoms with Gasteiger partial charge < -0.3 is 15.0 Å². The predicted molar refractivity (Wildman–Crippen MR) is 57.5 cm³/mol. The highest BCUT2D eigenvalue weighted by Gasteiger charge is 2.22. The Kier molecular flexibility index (Phi) is 3.79. The van der Waals surface area contributed by atoms with Crippen molar-refractivity contribution in [3.63, 3.8) is 0 Å². The molecular formula is C11H22N2O. The first-order valence-electron chi connectivity index (χ1n) is 5.87. The van der Waals surface area contributed by atoms with Gasteiger partial charge in [0.15, 0.2) is 0 Å². The molecule has 3 nitrogen and oxygen atoms in total. The first-order valence-corrected chi connectivity index (χ1v) is 5.87. The molecule has 2 fully saturated rings. The SMILES string of the molecule is CN(C[C@H]1CCCN1)C1CCOCC1. The molecule has 0 aliphatic carbocycles. The molecule has 0 unspecified atom stereocenters. The van der Waals surface area contributed by atoms with E-state index in [0.717, 1.165) is 25.3 Å². The van der Waals surface area contributed by atoms with Gasteiger partial charge in [-0.3, -0.25) is 0 Å². The maximum Gasteiger partial charge on any atom is 0.0480 e. The van der Waals surface area contributed by atoms with Crippen molar-refractivity contribution >= 4 is 0 Å². The summed E-state index contributed by atoms with van der Waals surface area (Å²) in [6, 6.07) is 1.49. The van der Waals surface area contributed by atoms with Crippen molar-refractivity contribution in [3.8, 4) is 0 Å². The van der Waals surface area contributed by atoms with E-state index in [4.69, 9.17) is 4.74 Å². The number of rotatable bonds is 3. The second kappa shape index (κ2) is 5.10. The highest BCUT2D eigenvalue weighted by Crippen LogP contribution is 2.15. The first kappa shape index (κ1) is 10.4. The summed E-state index contributed by atoms with van der Waals surface area (Å²) in [6.07, 6.45) is 5.13. The molecule has 0 saturated carbocycles. The number of likely N-dealkylation sites (N-methyl/N-ethyl adjacent to an activating group) is 1. The largest absolute Gasteiger partial charge is 0.381 e. The molecule has 2 aliphatic heterocycles. The molecule has 2 rings (SSSR count). The third-order valence-corrected chi connectivity index (χ3v) is 3.48. The molecule has 0 amide bonds. The molecule has 82 valence electrons. The van der Waals surface area contributed by atoms with E-state index < -0.39 is 0 Å². The van der Waals surface area contributed by atoms with Gasteiger partial charge in [-0.15, -0.1) is 0 Å². The van der Waals surface area contributed by atoms with Crippen LogP contribution in [0, 0.1) is 0 Å². The Hall–Kier alpha value is -0.120. The normalized spacial score (nSPS) is 30.0. The lowest BCUT2D eigenvalue weighted by Gasteiger charge is -2.32. The van der Waals surface area contributed by atoms with Crippen molar-refractivity contribution < 1.29 is 4.74 Å². The molecular weight excluding hydrogens is 176 g/mol. The zero-order chi connectivity index (χ0) is 9.80. The van der Waals surface area contributed by atoms with Gasteiger partial charge in [-0.1, -0.05) is 0 Å². The Bertz CT molecular complexity index is 163. The summed E-state index contributed by atoms with van der Waals surface area (Å²) in [4.78, 5) is 2.52. The van der Waals surface area contributed by atoms with E-state index in [-0.39, 0.29) is 0 Å². The van der Waals surface area contributed by atoms with Gasteiger partial charge in [0.2, 0.25) is 0 Å². The van der Waals surface area contributed by atoms with Crippen LogP contribution in [0.25, 0.3) is 0 Å². The van der Waals surface area contributed by atoms with Crippen molar-refractivity contribution in [2.75, 3.05) is 33.4 Å². The minimum absolute atomic E-state index is 0.739. The van der Waals surface area contributed by atoms with Crippen LogP contribution in [-0.4, -0.2) is 50.3 Å². The van der Waals surface area contributed by atoms with Crippen LogP contribution in [0.5, 0.6) is 0 Å². The Morgan fingerprint density at radius 3 is 2.71 bits per heavy atom. The molecule has 0 spiro atoms. The standard InChI is InChI=1S/C11H22N2O/c1-13(9-10-3-2-6-12-10)11-4-7-14-8-5-11/h10-12H,2-9H2,1H3/t10-/m1/s1. The number of ether oxygens (including phenoxy) is 1. The summed E-state index contributed by atoms with van der Waals surface area (Å²) in [7, 11) is 2.26. The number of nitrogens with zero attached hydrogens (tertiary/aromatic N) is 1. The highest BCUT2D eigenvalue weighted by molar-refractivity contribution is 4.80. The van der Waals surface area contributed by atoms with Crippen molar-refractivity contribution in [1.82, 2.24) is 10.2 Å². The fourth-order valence-electron chi connectivity index (χ4n) is 2.54. The Morgan fingerprint density at radius 1 is 1.29 bits per heavy atom. The summed E-state index contributed by atoms with van der Waals surface area (Å²) in [5.74, 6) is 0. The van der Waals surface area contributed by atoms with Crippen LogP contribution in [0.1, 0.15) is 25.7 Å². The van der Waals surface area contributed by atoms with Crippen LogP contribution < -0.4 is 5.32 Å². The van der Waals surface area contributed by atoms with E-state index in [0.29, 0.717) is 0 Å². The van der Waals surface area contributed by atoms with E-state index in [9.17, 15) is 0 Å². The van der Waals surface area contributed by atoms with E-state index >= 15 is 0 Å². The predicted octanol–water partition coefficient (Wildman–Crippen LogP) is 0.849. The van der Waals surface area contributed by atoms with Gasteiger partial charge in [0.05, 0.1) is 0 Å². The monoisotopic (exact) mass is 198 g/mol. The molecule has 2 aliphatic rings. The molecule has 1 atom stereocenters. The molecule has 3 heteroatoms. The second-order valence-electron chi connectivity index (χ2n) is 4.58. The summed E-state index contributed by atoms with van der Waals surface area (Å²) in [6.45, 7) is 4.33. The van der Waals surface area contributed by atoms with Gasteiger partial charge in [-0.25, -0.2) is 0 Å². The lowest BCUT2D eigenvalue weighted by atomic mass is 10.1. The first-order chi connectivity index (χ1) is 6.86. The second-order valence-corrected chi connectivity index (χ2v) is 4.58. The number of hydrogen-bond acceptors (Lipinski definition) is 3. The molecule has 2 saturated heterocycles. The Morgan fingerprint density at radius 2 is 2.07 bits per heavy atom. The smallest absolute Gasteiger partial charge is 0.0480 e. The zero-order valence-electron chi connectivity index (χ0n) is 9.17. The van der Waals surface area contributed by atoms with Crippen LogP contribution in [0.2, 0.25) is 0 Å². The van der Waals surface area contributed by atoms with Crippen molar-refractivity contribution in [2.45, 2.75) is 37.8 Å². The van der Waals surface area contributed by atoms with Crippen molar-refractivity contribution in [2.24, 2.45) is 0 Å². The van der Waals surface area contributed by atoms with Crippen LogP contribution in [0.15, 0.2) is 0 Å². The average Bonchev–Trinajstić information content (AvgIpc) is 2.72. The van der Waals surface area contributed by atoms with Gasteiger partial charge in [-0.2, -0.15) is 0 Å². The minimum Gasteiger partial charge on any atom is -0.381 e. The average molecular weight is 198 g/mol. The molecule has 0 bridgehead atoms. The minimum atomic E-state index is 0.739. The van der Waals surface area contributed by atoms with Crippen LogP contribution in [-0.2, 0) is 4.74 Å². The van der Waals surface area contributed by atoms with Gasteiger partial charge in [-0.05, 0) is 39.3 Å². The summed E-state index contributed by atoms with van der Waals surface area (Å²) >= 11 is 0. The molecule has 0 aromatic carbocycles. The van der Waals surface area contributed by atoms with E-state index in [2.05, 4.69) is 17.3 Å². The van der Waals surface area contributed by atoms with Crippen molar-refractivity contribution in [3.05, 3.63) is 0 Å². The maximum absolute atomic E-state index is 5.38. The quantitative estimate of drug-likeness (QED) is 0.727. The molecule has 0 radical (unpaired) electrons. The lowest BCUT2D eigenvalue weighted by molar-refractivity contribution is 0.0408. The Balaban J connectivity index is 1.72. The van der Waals surface area contributed by atoms with E-state index in [1.807, 2.05) is 0 Å². The Labute approximate surface area is 86.8 Å². The summed E-state index contributed by atoms with van der Waals surface area (Å²) < 4.78 is 5.38. The van der Waals surface area contributed by atoms with Crippen LogP contribution in [0.3, 0.4) is 0 Å². The van der Waals surface area contributed by atoms with Crippen LogP contribution >= 0.6 is 0 Å². The number of nitrogens with one attached hydrogen (secondary N) is 1. The molecule has 0 aromatic rings. The highest BCUT2D eigenvalue weighted by atomic mass is 16.5. The molecule has 14 heavy (non-hydrogen) atoms. The van der Waals surface area contributed by atoms with Gasteiger partial charge in [0.25, 0.3) is 0 Å². The summed E-state index contributed by atoms with van der Waals surface area (Å²) in [5.41, 5.74) is 0. The van der Waals surface area contributed by atoms with E-state index in [1.54, 1.807) is 0 Å². The lowest BCUT2D eigenvalue weighted by Crippen LogP contribution is -2.43. The van der Waals surface area contributed by atoms with Gasteiger partial charge in [0.1, 0.15) is 0 Å². The molecule has 1 N–H and O–H groups in total. The topological polar surface area (TPSA) is 24.5 Å². The number of hydrogen-bond donors (Lipinski definition) is 1. The van der Waals surface area contributed by atoms with Crippen molar-refractivity contribution in [1.29, 1.82) is 0 Å². The molecule has 0 aromatic heterocycles.